The third-order valence-corrected chi connectivity index (χ3v) is 2.50. The molecule has 1 aromatic rings. The van der Waals surface area contributed by atoms with E-state index in [-0.39, 0.29) is 12.5 Å². The molecule has 0 aromatic heterocycles. The zero-order valence-corrected chi connectivity index (χ0v) is 9.98. The minimum Gasteiger partial charge on any atom is -0.497 e. The molecule has 0 saturated carbocycles. The van der Waals surface area contributed by atoms with Gasteiger partial charge in [0.1, 0.15) is 11.5 Å². The number of aliphatic hydroxyl groups is 1. The Morgan fingerprint density at radius 1 is 1.19 bits per heavy atom. The average molecular weight is 224 g/mol. The Bertz CT molecular complexity index is 282. The molecule has 0 aliphatic carbocycles. The summed E-state index contributed by atoms with van der Waals surface area (Å²) in [6, 6.07) is 7.48. The summed E-state index contributed by atoms with van der Waals surface area (Å²) in [5, 5.41) is 9.12. The van der Waals surface area contributed by atoms with Crippen LogP contribution in [0.15, 0.2) is 24.3 Å². The van der Waals surface area contributed by atoms with Gasteiger partial charge in [-0.1, -0.05) is 13.3 Å². The van der Waals surface area contributed by atoms with E-state index in [4.69, 9.17) is 14.6 Å². The molecular weight excluding hydrogens is 204 g/mol. The number of methoxy groups -OCH3 is 1. The van der Waals surface area contributed by atoms with Crippen molar-refractivity contribution in [3.05, 3.63) is 24.3 Å². The van der Waals surface area contributed by atoms with Gasteiger partial charge in [-0.3, -0.25) is 0 Å². The van der Waals surface area contributed by atoms with Crippen LogP contribution in [0.3, 0.4) is 0 Å². The highest BCUT2D eigenvalue weighted by atomic mass is 16.5. The number of ether oxygens (including phenoxy) is 2. The van der Waals surface area contributed by atoms with Crippen LogP contribution < -0.4 is 9.47 Å². The zero-order valence-electron chi connectivity index (χ0n) is 9.98. The Morgan fingerprint density at radius 3 is 2.31 bits per heavy atom. The molecule has 1 unspecified atom stereocenters. The Morgan fingerprint density at radius 2 is 1.81 bits per heavy atom. The Hall–Kier alpha value is -1.22. The highest BCUT2D eigenvalue weighted by Gasteiger charge is 2.07. The van der Waals surface area contributed by atoms with Crippen molar-refractivity contribution in [2.24, 2.45) is 5.92 Å². The van der Waals surface area contributed by atoms with Gasteiger partial charge in [0.05, 0.1) is 13.7 Å². The summed E-state index contributed by atoms with van der Waals surface area (Å²) in [4.78, 5) is 0. The van der Waals surface area contributed by atoms with Gasteiger partial charge in [0.25, 0.3) is 0 Å². The monoisotopic (exact) mass is 224 g/mol. The van der Waals surface area contributed by atoms with Crippen molar-refractivity contribution in [2.75, 3.05) is 20.3 Å². The number of hydrogen-bond acceptors (Lipinski definition) is 3. The summed E-state index contributed by atoms with van der Waals surface area (Å²) in [5.74, 6) is 1.86. The van der Waals surface area contributed by atoms with Gasteiger partial charge in [-0.05, 0) is 30.7 Å². The van der Waals surface area contributed by atoms with Gasteiger partial charge in [0.2, 0.25) is 0 Å². The van der Waals surface area contributed by atoms with Crippen molar-refractivity contribution in [2.45, 2.75) is 19.8 Å². The van der Waals surface area contributed by atoms with Crippen molar-refractivity contribution >= 4 is 0 Å². The molecule has 0 heterocycles. The van der Waals surface area contributed by atoms with E-state index < -0.39 is 0 Å². The summed E-state index contributed by atoms with van der Waals surface area (Å²) in [7, 11) is 1.64. The first-order valence-electron chi connectivity index (χ1n) is 5.67. The maximum Gasteiger partial charge on any atom is 0.119 e. The summed E-state index contributed by atoms with van der Waals surface area (Å²) in [6.07, 6.45) is 2.06. The average Bonchev–Trinajstić information content (AvgIpc) is 2.35. The summed E-state index contributed by atoms with van der Waals surface area (Å²) in [6.45, 7) is 2.86. The molecule has 1 atom stereocenters. The highest BCUT2D eigenvalue weighted by Crippen LogP contribution is 2.18. The van der Waals surface area contributed by atoms with Gasteiger partial charge in [-0.25, -0.2) is 0 Å². The van der Waals surface area contributed by atoms with Gasteiger partial charge in [-0.2, -0.15) is 0 Å². The van der Waals surface area contributed by atoms with Crippen molar-refractivity contribution in [1.82, 2.24) is 0 Å². The minimum absolute atomic E-state index is 0.185. The molecule has 0 aliphatic heterocycles. The van der Waals surface area contributed by atoms with Crippen LogP contribution in [0, 0.1) is 5.92 Å². The lowest BCUT2D eigenvalue weighted by molar-refractivity contribution is 0.155. The highest BCUT2D eigenvalue weighted by molar-refractivity contribution is 5.31. The lowest BCUT2D eigenvalue weighted by Crippen LogP contribution is -2.15. The zero-order chi connectivity index (χ0) is 11.8. The normalized spacial score (nSPS) is 12.2. The summed E-state index contributed by atoms with van der Waals surface area (Å²) in [5.41, 5.74) is 0. The van der Waals surface area contributed by atoms with Crippen LogP contribution in [0.25, 0.3) is 0 Å². The fourth-order valence-electron chi connectivity index (χ4n) is 1.52. The summed E-state index contributed by atoms with van der Waals surface area (Å²) >= 11 is 0. The van der Waals surface area contributed by atoms with Gasteiger partial charge in [0.15, 0.2) is 0 Å². The van der Waals surface area contributed by atoms with Gasteiger partial charge in [0, 0.05) is 12.5 Å². The van der Waals surface area contributed by atoms with Crippen molar-refractivity contribution in [1.29, 1.82) is 0 Å². The third-order valence-electron chi connectivity index (χ3n) is 2.50. The van der Waals surface area contributed by atoms with Crippen LogP contribution in [0.5, 0.6) is 11.5 Å². The van der Waals surface area contributed by atoms with E-state index >= 15 is 0 Å². The largest absolute Gasteiger partial charge is 0.497 e. The Balaban J connectivity index is 2.40. The molecule has 0 radical (unpaired) electrons. The van der Waals surface area contributed by atoms with Crippen molar-refractivity contribution in [3.63, 3.8) is 0 Å². The van der Waals surface area contributed by atoms with E-state index in [0.29, 0.717) is 6.61 Å². The lowest BCUT2D eigenvalue weighted by atomic mass is 10.1. The number of aliphatic hydroxyl groups excluding tert-OH is 1. The van der Waals surface area contributed by atoms with E-state index in [9.17, 15) is 0 Å². The molecule has 0 fully saturated rings. The smallest absolute Gasteiger partial charge is 0.119 e. The molecule has 3 heteroatoms. The number of hydrogen-bond donors (Lipinski definition) is 1. The van der Waals surface area contributed by atoms with E-state index in [2.05, 4.69) is 6.92 Å². The quantitative estimate of drug-likeness (QED) is 0.773. The molecule has 0 bridgehead atoms. The molecule has 0 aliphatic rings. The summed E-state index contributed by atoms with van der Waals surface area (Å²) < 4.78 is 10.7. The number of rotatable bonds is 7. The molecule has 3 nitrogen and oxygen atoms in total. The molecule has 1 aromatic carbocycles. The predicted molar refractivity (Wildman–Crippen MR) is 64.0 cm³/mol. The fraction of sp³-hybridized carbons (Fsp3) is 0.538. The first-order valence-corrected chi connectivity index (χ1v) is 5.67. The molecule has 0 saturated heterocycles. The fourth-order valence-corrected chi connectivity index (χ4v) is 1.52. The van der Waals surface area contributed by atoms with Crippen LogP contribution in [-0.4, -0.2) is 25.4 Å². The van der Waals surface area contributed by atoms with Crippen molar-refractivity contribution < 1.29 is 14.6 Å². The molecule has 1 rings (SSSR count). The topological polar surface area (TPSA) is 38.7 Å². The Labute approximate surface area is 97.0 Å². The van der Waals surface area contributed by atoms with Gasteiger partial charge < -0.3 is 14.6 Å². The maximum atomic E-state index is 9.12. The second-order valence-electron chi connectivity index (χ2n) is 3.82. The molecular formula is C13H20O3. The predicted octanol–water partition coefficient (Wildman–Crippen LogP) is 2.48. The minimum atomic E-state index is 0.185. The molecule has 0 amide bonds. The second-order valence-corrected chi connectivity index (χ2v) is 3.82. The van der Waals surface area contributed by atoms with Gasteiger partial charge >= 0.3 is 0 Å². The van der Waals surface area contributed by atoms with Crippen LogP contribution >= 0.6 is 0 Å². The molecule has 90 valence electrons. The Kier molecular flexibility index (Phi) is 5.72. The molecule has 16 heavy (non-hydrogen) atoms. The molecule has 1 N–H and O–H groups in total. The van der Waals surface area contributed by atoms with E-state index in [0.717, 1.165) is 24.3 Å². The van der Waals surface area contributed by atoms with Crippen molar-refractivity contribution in [3.8, 4) is 11.5 Å². The van der Waals surface area contributed by atoms with Gasteiger partial charge in [-0.15, -0.1) is 0 Å². The van der Waals surface area contributed by atoms with Crippen LogP contribution in [0.4, 0.5) is 0 Å². The first kappa shape index (κ1) is 12.8. The first-order chi connectivity index (χ1) is 7.80. The van der Waals surface area contributed by atoms with Crippen LogP contribution in [0.1, 0.15) is 19.8 Å². The second kappa shape index (κ2) is 7.12. The maximum absolute atomic E-state index is 9.12. The van der Waals surface area contributed by atoms with Crippen LogP contribution in [0.2, 0.25) is 0 Å². The molecule has 0 spiro atoms. The standard InChI is InChI=1S/C13H20O3/c1-3-4-11(9-14)10-16-13-7-5-12(15-2)6-8-13/h5-8,11,14H,3-4,9-10H2,1-2H3. The van der Waals surface area contributed by atoms with Crippen LogP contribution in [-0.2, 0) is 0 Å². The SMILES string of the molecule is CCCC(CO)COc1ccc(OC)cc1. The van der Waals surface area contributed by atoms with E-state index in [1.54, 1.807) is 7.11 Å². The lowest BCUT2D eigenvalue weighted by Gasteiger charge is -2.14. The van der Waals surface area contributed by atoms with E-state index in [1.165, 1.54) is 0 Å². The third kappa shape index (κ3) is 4.11. The van der Waals surface area contributed by atoms with E-state index in [1.807, 2.05) is 24.3 Å². The number of benzene rings is 1.